The predicted molar refractivity (Wildman–Crippen MR) is 491 cm³/mol. The standard InChI is InChI=1S/C108H85BN4S/c1-106(2,3)75-52-57-93-87(63-75)88-64-76(107(4,5)6)53-58-94(88)110(93)78-54-55-89-97(67-78)113(105-80(70-35-18-12-19-36-70)42-28-43-81(105)71-37-20-13-21-38-71)99-66-77(108(7,8)9)65-98-104(99)109(89)90-62-72(51-56-95(90)111(98)79-60-73(68-31-14-10-15-32-68)59-74(61-79)69-33-16-11-17-34-69)102-84(85-45-30-50-101-103(85)86-41-24-27-49-100(86)114-101)44-29-48-96(102)112-91-46-25-22-39-82(91)83-40-23-26-47-92(83)112/h10-67H,1-9H3. The van der Waals surface area contributed by atoms with Crippen LogP contribution >= 0.6 is 11.3 Å². The number of anilines is 6. The lowest BCUT2D eigenvalue weighted by Gasteiger charge is -2.46. The van der Waals surface area contributed by atoms with E-state index < -0.39 is 0 Å². The highest BCUT2D eigenvalue weighted by atomic mass is 32.1. The van der Waals surface area contributed by atoms with Crippen molar-refractivity contribution in [1.29, 1.82) is 0 Å². The van der Waals surface area contributed by atoms with E-state index in [4.69, 9.17) is 0 Å². The molecule has 0 aliphatic carbocycles. The summed E-state index contributed by atoms with van der Waals surface area (Å²) in [6.07, 6.45) is 0. The fraction of sp³-hybridized carbons (Fsp3) is 0.111. The van der Waals surface area contributed by atoms with Crippen LogP contribution in [-0.2, 0) is 16.2 Å². The summed E-state index contributed by atoms with van der Waals surface area (Å²) >= 11 is 1.88. The van der Waals surface area contributed by atoms with E-state index in [9.17, 15) is 0 Å². The zero-order valence-electron chi connectivity index (χ0n) is 65.8. The van der Waals surface area contributed by atoms with Crippen molar-refractivity contribution < 1.29 is 0 Å². The van der Waals surface area contributed by atoms with E-state index in [1.807, 2.05) is 11.3 Å². The van der Waals surface area contributed by atoms with Crippen LogP contribution in [0.4, 0.5) is 34.1 Å². The fourth-order valence-electron chi connectivity index (χ4n) is 18.7. The van der Waals surface area contributed by atoms with E-state index in [-0.39, 0.29) is 23.0 Å². The van der Waals surface area contributed by atoms with Gasteiger partial charge in [-0.3, -0.25) is 0 Å². The van der Waals surface area contributed by atoms with E-state index in [2.05, 4.69) is 433 Å². The molecule has 5 heterocycles. The third-order valence-corrected chi connectivity index (χ3v) is 25.5. The number of aromatic nitrogens is 2. The van der Waals surface area contributed by atoms with Crippen LogP contribution in [0.1, 0.15) is 79.0 Å². The van der Waals surface area contributed by atoms with Crippen molar-refractivity contribution in [2.45, 2.75) is 78.6 Å². The molecular formula is C108H85BN4S. The van der Waals surface area contributed by atoms with Crippen LogP contribution < -0.4 is 26.2 Å². The molecule has 0 radical (unpaired) electrons. The molecule has 6 heteroatoms. The zero-order chi connectivity index (χ0) is 77.0. The summed E-state index contributed by atoms with van der Waals surface area (Å²) in [5, 5.41) is 7.51. The van der Waals surface area contributed by atoms with Crippen LogP contribution in [0.5, 0.6) is 0 Å². The average Bonchev–Trinajstić information content (AvgIpc) is 0.747. The summed E-state index contributed by atoms with van der Waals surface area (Å²) in [5.74, 6) is 0. The van der Waals surface area contributed by atoms with Gasteiger partial charge in [-0.25, -0.2) is 0 Å². The maximum absolute atomic E-state index is 2.72. The predicted octanol–water partition coefficient (Wildman–Crippen LogP) is 28.2. The van der Waals surface area contributed by atoms with Gasteiger partial charge in [-0.2, -0.15) is 0 Å². The second-order valence-electron chi connectivity index (χ2n) is 34.4. The molecule has 0 unspecified atom stereocenters. The molecule has 2 aliphatic rings. The SMILES string of the molecule is CC(C)(C)c1cc2c3c(c1)N(c1c(-c4ccccc4)cccc1-c1ccccc1)c1cc(-n4c5ccc(C(C)(C)C)cc5c5cc(C(C)(C)C)ccc54)ccc1B3c1cc(-c3c(-c4cccc5sc6ccccc6c45)cccc3-n3c4ccccc4c4ccccc43)ccc1N2c1cc(-c2ccccc2)cc(-c2ccccc2)c1. The summed E-state index contributed by atoms with van der Waals surface area (Å²) in [7, 11) is 0. The number of fused-ring (bicyclic) bond motifs is 13. The summed E-state index contributed by atoms with van der Waals surface area (Å²) in [4.78, 5) is 5.39. The molecule has 546 valence electrons. The first-order chi connectivity index (χ1) is 55.5. The van der Waals surface area contributed by atoms with Crippen LogP contribution in [0.15, 0.2) is 352 Å². The van der Waals surface area contributed by atoms with Gasteiger partial charge in [0.1, 0.15) is 0 Å². The molecule has 4 nitrogen and oxygen atoms in total. The number of thiophene rings is 1. The molecule has 0 saturated heterocycles. The van der Waals surface area contributed by atoms with Crippen molar-refractivity contribution >= 4 is 132 Å². The molecule has 0 atom stereocenters. The second-order valence-corrected chi connectivity index (χ2v) is 35.5. The summed E-state index contributed by atoms with van der Waals surface area (Å²) < 4.78 is 7.67. The summed E-state index contributed by atoms with van der Waals surface area (Å²) in [6, 6.07) is 134. The maximum atomic E-state index is 2.72. The van der Waals surface area contributed by atoms with Crippen molar-refractivity contribution in [2.24, 2.45) is 0 Å². The molecule has 21 rings (SSSR count). The minimum Gasteiger partial charge on any atom is -0.311 e. The van der Waals surface area contributed by atoms with Crippen LogP contribution in [0, 0.1) is 0 Å². The lowest BCUT2D eigenvalue weighted by atomic mass is 9.33. The second kappa shape index (κ2) is 26.3. The van der Waals surface area contributed by atoms with E-state index >= 15 is 0 Å². The summed E-state index contributed by atoms with van der Waals surface area (Å²) in [6.45, 7) is 20.9. The van der Waals surface area contributed by atoms with Gasteiger partial charge in [0.05, 0.1) is 33.4 Å². The van der Waals surface area contributed by atoms with Crippen LogP contribution in [-0.4, -0.2) is 15.8 Å². The molecule has 19 aromatic rings. The van der Waals surface area contributed by atoms with Crippen molar-refractivity contribution in [3.8, 4) is 78.1 Å². The van der Waals surface area contributed by atoms with Gasteiger partial charge in [-0.05, 0) is 203 Å². The topological polar surface area (TPSA) is 16.3 Å². The maximum Gasteiger partial charge on any atom is 0.252 e. The minimum atomic E-state index is -0.322. The van der Waals surface area contributed by atoms with Gasteiger partial charge in [0, 0.05) is 92.5 Å². The molecule has 3 aromatic heterocycles. The normalized spacial score (nSPS) is 12.9. The average molecular weight is 1480 g/mol. The molecule has 0 saturated carbocycles. The van der Waals surface area contributed by atoms with Gasteiger partial charge in [-0.15, -0.1) is 11.3 Å². The number of hydrogen-bond donors (Lipinski definition) is 0. The Bertz CT molecular complexity index is 6860. The number of nitrogens with zero attached hydrogens (tertiary/aromatic N) is 4. The first kappa shape index (κ1) is 69.0. The third kappa shape index (κ3) is 11.2. The van der Waals surface area contributed by atoms with E-state index in [1.54, 1.807) is 0 Å². The largest absolute Gasteiger partial charge is 0.311 e. The third-order valence-electron chi connectivity index (χ3n) is 24.3. The van der Waals surface area contributed by atoms with Crippen molar-refractivity contribution in [3.05, 3.63) is 369 Å². The number of rotatable bonds is 10. The van der Waals surface area contributed by atoms with Gasteiger partial charge in [0.25, 0.3) is 6.71 Å². The van der Waals surface area contributed by atoms with E-state index in [1.165, 1.54) is 103 Å². The Labute approximate surface area is 671 Å². The van der Waals surface area contributed by atoms with Gasteiger partial charge in [-0.1, -0.05) is 311 Å². The lowest BCUT2D eigenvalue weighted by Crippen LogP contribution is -2.61. The zero-order valence-corrected chi connectivity index (χ0v) is 66.6. The number of benzene rings is 16. The molecule has 0 amide bonds. The molecule has 0 bridgehead atoms. The van der Waals surface area contributed by atoms with Crippen LogP contribution in [0.25, 0.3) is 142 Å². The minimum absolute atomic E-state index is 0.0699. The monoisotopic (exact) mass is 1480 g/mol. The fourth-order valence-corrected chi connectivity index (χ4v) is 19.9. The summed E-state index contributed by atoms with van der Waals surface area (Å²) in [5.41, 5.74) is 34.6. The Morgan fingerprint density at radius 1 is 0.254 bits per heavy atom. The van der Waals surface area contributed by atoms with Crippen LogP contribution in [0.2, 0.25) is 0 Å². The Morgan fingerprint density at radius 3 is 1.32 bits per heavy atom. The van der Waals surface area contributed by atoms with Gasteiger partial charge < -0.3 is 18.9 Å². The first-order valence-corrected chi connectivity index (χ1v) is 41.0. The molecule has 0 spiro atoms. The smallest absolute Gasteiger partial charge is 0.252 e. The lowest BCUT2D eigenvalue weighted by molar-refractivity contribution is 0.590. The molecule has 114 heavy (non-hydrogen) atoms. The quantitative estimate of drug-likeness (QED) is 0.127. The molecule has 2 aliphatic heterocycles. The van der Waals surface area contributed by atoms with Crippen molar-refractivity contribution in [2.75, 3.05) is 9.80 Å². The van der Waals surface area contributed by atoms with Gasteiger partial charge in [0.15, 0.2) is 0 Å². The van der Waals surface area contributed by atoms with Crippen molar-refractivity contribution in [3.63, 3.8) is 0 Å². The number of para-hydroxylation sites is 3. The van der Waals surface area contributed by atoms with Gasteiger partial charge >= 0.3 is 0 Å². The molecule has 16 aromatic carbocycles. The Kier molecular flexibility index (Phi) is 15.9. The van der Waals surface area contributed by atoms with E-state index in [0.717, 1.165) is 107 Å². The van der Waals surface area contributed by atoms with E-state index in [0.29, 0.717) is 0 Å². The Morgan fingerprint density at radius 2 is 0.737 bits per heavy atom. The Hall–Kier alpha value is -13.0. The van der Waals surface area contributed by atoms with Gasteiger partial charge in [0.2, 0.25) is 0 Å². The number of hydrogen-bond acceptors (Lipinski definition) is 3. The highest BCUT2D eigenvalue weighted by Gasteiger charge is 2.46. The van der Waals surface area contributed by atoms with Crippen molar-refractivity contribution in [1.82, 2.24) is 9.13 Å². The Balaban J connectivity index is 0.925. The highest BCUT2D eigenvalue weighted by molar-refractivity contribution is 7.26. The first-order valence-electron chi connectivity index (χ1n) is 40.2. The molecule has 0 fully saturated rings. The van der Waals surface area contributed by atoms with Crippen LogP contribution in [0.3, 0.4) is 0 Å². The molecular weight excluding hydrogens is 1400 g/mol. The highest BCUT2D eigenvalue weighted by Crippen LogP contribution is 2.54. The molecule has 0 N–H and O–H groups in total.